The molecule has 77 heavy (non-hydrogen) atoms. The summed E-state index contributed by atoms with van der Waals surface area (Å²) in [5, 5.41) is 31.5. The van der Waals surface area contributed by atoms with Gasteiger partial charge in [-0.25, -0.2) is 4.79 Å². The summed E-state index contributed by atoms with van der Waals surface area (Å²) in [5.74, 6) is -3.30. The van der Waals surface area contributed by atoms with E-state index in [0.29, 0.717) is 25.7 Å². The number of aliphatic hydroxyl groups is 2. The van der Waals surface area contributed by atoms with Crippen LogP contribution in [-0.4, -0.2) is 89.2 Å². The Morgan fingerprint density at radius 1 is 0.442 bits per heavy atom. The Balaban J connectivity index is 2.76. The van der Waals surface area contributed by atoms with Gasteiger partial charge in [-0.2, -0.15) is 0 Å². The monoisotopic (exact) mass is 1070 g/mol. The van der Waals surface area contributed by atoms with E-state index >= 15 is 0 Å². The summed E-state index contributed by atoms with van der Waals surface area (Å²) in [6.45, 7) is 5.68. The third-order valence-electron chi connectivity index (χ3n) is 12.5. The minimum absolute atomic E-state index is 0.0751. The van der Waals surface area contributed by atoms with Crippen molar-refractivity contribution in [2.45, 2.75) is 250 Å². The highest BCUT2D eigenvalue weighted by Gasteiger charge is 2.50. The number of esters is 3. The van der Waals surface area contributed by atoms with E-state index in [-0.39, 0.29) is 25.9 Å². The molecule has 1 aliphatic rings. The van der Waals surface area contributed by atoms with Gasteiger partial charge >= 0.3 is 23.9 Å². The number of hydrogen-bond acceptors (Lipinski definition) is 11. The van der Waals surface area contributed by atoms with E-state index in [0.717, 1.165) is 109 Å². The zero-order valence-electron chi connectivity index (χ0n) is 47.7. The van der Waals surface area contributed by atoms with Crippen molar-refractivity contribution in [2.24, 2.45) is 0 Å². The van der Waals surface area contributed by atoms with E-state index in [1.165, 1.54) is 38.5 Å². The fourth-order valence-electron chi connectivity index (χ4n) is 8.05. The Morgan fingerprint density at radius 3 is 1.32 bits per heavy atom. The first-order valence-corrected chi connectivity index (χ1v) is 29.5. The maximum absolute atomic E-state index is 13.1. The van der Waals surface area contributed by atoms with Crippen LogP contribution in [0.2, 0.25) is 0 Å². The largest absolute Gasteiger partial charge is 0.479 e. The summed E-state index contributed by atoms with van der Waals surface area (Å²) in [7, 11) is 0. The average Bonchev–Trinajstić information content (AvgIpc) is 3.42. The zero-order chi connectivity index (χ0) is 56.1. The molecule has 0 spiro atoms. The Hall–Kier alpha value is -4.88. The summed E-state index contributed by atoms with van der Waals surface area (Å²) >= 11 is 0. The Bertz CT molecular complexity index is 1800. The Morgan fingerprint density at radius 2 is 0.844 bits per heavy atom. The number of carboxylic acids is 1. The van der Waals surface area contributed by atoms with Crippen molar-refractivity contribution in [3.63, 3.8) is 0 Å². The molecular weight excluding hydrogens is 973 g/mol. The third-order valence-corrected chi connectivity index (χ3v) is 12.5. The number of carbonyl (C=O) groups excluding carboxylic acids is 3. The number of aliphatic hydroxyl groups excluding tert-OH is 2. The van der Waals surface area contributed by atoms with Gasteiger partial charge in [0.2, 0.25) is 0 Å². The van der Waals surface area contributed by atoms with E-state index in [2.05, 4.69) is 124 Å². The fourth-order valence-corrected chi connectivity index (χ4v) is 8.05. The quantitative estimate of drug-likeness (QED) is 0.0228. The number of hydrogen-bond donors (Lipinski definition) is 3. The molecule has 1 rings (SSSR count). The number of carbonyl (C=O) groups is 4. The molecule has 6 unspecified atom stereocenters. The van der Waals surface area contributed by atoms with E-state index in [9.17, 15) is 34.5 Å². The number of ether oxygens (including phenoxy) is 5. The fraction of sp³-hybridized carbons (Fsp3) is 0.631. The van der Waals surface area contributed by atoms with Gasteiger partial charge < -0.3 is 39.0 Å². The number of rotatable bonds is 48. The van der Waals surface area contributed by atoms with Crippen molar-refractivity contribution >= 4 is 23.9 Å². The standard InChI is InChI=1S/C65H102O12/c1-4-7-10-13-16-19-22-25-27-28-29-30-32-35-38-41-44-47-50-53-59(68)76-63-61(70)60(69)62(64(71)72)77-65(63)74-55-56(75-58(67)52-49-46-43-40-37-33-24-21-18-15-12-9-6-3)54-73-57(66)51-48-45-42-39-36-34-31-26-23-20-17-14-11-8-5-2/h7,9-10,12,16,18-19,21,25-27,29-31,33,35,37-38,44,47,56,60-63,65,69-70H,4-6,8,11,13-15,17,20,22-24,28,32,34,36,39-43,45-46,48-55H2,1-3H3,(H,71,72)/b10-7-,12-9-,19-16-,21-18-,27-25-,30-29-,31-26-,37-33-,38-35-,47-44-. The first-order valence-electron chi connectivity index (χ1n) is 29.5. The molecule has 1 heterocycles. The number of allylic oxidation sites excluding steroid dienone is 20. The van der Waals surface area contributed by atoms with Crippen molar-refractivity contribution in [3.05, 3.63) is 122 Å². The maximum atomic E-state index is 13.1. The molecule has 434 valence electrons. The molecule has 1 saturated heterocycles. The van der Waals surface area contributed by atoms with E-state index < -0.39 is 67.3 Å². The highest BCUT2D eigenvalue weighted by atomic mass is 16.7. The minimum atomic E-state index is -1.94. The lowest BCUT2D eigenvalue weighted by Crippen LogP contribution is -2.61. The molecule has 0 aliphatic carbocycles. The van der Waals surface area contributed by atoms with E-state index in [4.69, 9.17) is 23.7 Å². The van der Waals surface area contributed by atoms with Crippen LogP contribution in [0.5, 0.6) is 0 Å². The molecule has 12 nitrogen and oxygen atoms in total. The van der Waals surface area contributed by atoms with Crippen molar-refractivity contribution in [3.8, 4) is 0 Å². The molecule has 12 heteroatoms. The molecule has 6 atom stereocenters. The Labute approximate surface area is 465 Å². The second-order valence-electron chi connectivity index (χ2n) is 19.5. The van der Waals surface area contributed by atoms with Gasteiger partial charge in [0.1, 0.15) is 18.8 Å². The third kappa shape index (κ3) is 41.8. The first kappa shape index (κ1) is 70.1. The molecule has 0 aromatic heterocycles. The molecule has 1 fully saturated rings. The highest BCUT2D eigenvalue weighted by Crippen LogP contribution is 2.26. The predicted molar refractivity (Wildman–Crippen MR) is 312 cm³/mol. The first-order chi connectivity index (χ1) is 37.6. The van der Waals surface area contributed by atoms with Gasteiger partial charge in [-0.3, -0.25) is 14.4 Å². The van der Waals surface area contributed by atoms with Gasteiger partial charge in [0.25, 0.3) is 0 Å². The molecule has 0 amide bonds. The lowest BCUT2D eigenvalue weighted by atomic mass is 9.98. The van der Waals surface area contributed by atoms with Crippen molar-refractivity contribution < 1.29 is 58.2 Å². The van der Waals surface area contributed by atoms with Crippen molar-refractivity contribution in [2.75, 3.05) is 13.2 Å². The van der Waals surface area contributed by atoms with Crippen LogP contribution in [0.3, 0.4) is 0 Å². The van der Waals surface area contributed by atoms with Crippen LogP contribution in [0.25, 0.3) is 0 Å². The van der Waals surface area contributed by atoms with Crippen molar-refractivity contribution in [1.82, 2.24) is 0 Å². The molecular formula is C65H102O12. The van der Waals surface area contributed by atoms with Gasteiger partial charge in [-0.1, -0.05) is 200 Å². The minimum Gasteiger partial charge on any atom is -0.479 e. The van der Waals surface area contributed by atoms with Gasteiger partial charge in [0, 0.05) is 19.3 Å². The Kier molecular flexibility index (Phi) is 47.2. The molecule has 0 saturated carbocycles. The van der Waals surface area contributed by atoms with Crippen LogP contribution in [0.1, 0.15) is 213 Å². The van der Waals surface area contributed by atoms with Gasteiger partial charge in [0.15, 0.2) is 24.6 Å². The van der Waals surface area contributed by atoms with Crippen LogP contribution in [0.15, 0.2) is 122 Å². The lowest BCUT2D eigenvalue weighted by molar-refractivity contribution is -0.301. The molecule has 0 radical (unpaired) electrons. The van der Waals surface area contributed by atoms with Gasteiger partial charge in [-0.15, -0.1) is 0 Å². The molecule has 0 aromatic rings. The summed E-state index contributed by atoms with van der Waals surface area (Å²) in [6.07, 6.45) is 59.0. The molecule has 0 bridgehead atoms. The summed E-state index contributed by atoms with van der Waals surface area (Å²) in [4.78, 5) is 51.1. The second-order valence-corrected chi connectivity index (χ2v) is 19.5. The number of unbranched alkanes of at least 4 members (excludes halogenated alkanes) is 14. The summed E-state index contributed by atoms with van der Waals surface area (Å²) in [5.41, 5.74) is 0. The second kappa shape index (κ2) is 51.9. The summed E-state index contributed by atoms with van der Waals surface area (Å²) in [6, 6.07) is 0. The van der Waals surface area contributed by atoms with Crippen LogP contribution < -0.4 is 0 Å². The smallest absolute Gasteiger partial charge is 0.335 e. The SMILES string of the molecule is CC/C=C\C/C=C\C/C=C\C/C=C\C/C=C\C/C=C\CCC(=O)OC1C(OCC(COC(=O)CCCCCCC/C=C\CCCCCCCC)OC(=O)CCCCC/C=C\C/C=C\C/C=C\CC)OC(C(=O)O)C(O)C1O. The number of carboxylic acid groups (broad SMARTS) is 1. The zero-order valence-corrected chi connectivity index (χ0v) is 47.7. The normalized spacial score (nSPS) is 18.9. The van der Waals surface area contributed by atoms with Gasteiger partial charge in [-0.05, 0) is 116 Å². The maximum Gasteiger partial charge on any atom is 0.335 e. The molecule has 1 aliphatic heterocycles. The van der Waals surface area contributed by atoms with Crippen LogP contribution >= 0.6 is 0 Å². The van der Waals surface area contributed by atoms with E-state index in [1.54, 1.807) is 0 Å². The summed E-state index contributed by atoms with van der Waals surface area (Å²) < 4.78 is 28.3. The topological polar surface area (TPSA) is 175 Å². The molecule has 3 N–H and O–H groups in total. The predicted octanol–water partition coefficient (Wildman–Crippen LogP) is 15.2. The highest BCUT2D eigenvalue weighted by molar-refractivity contribution is 5.74. The van der Waals surface area contributed by atoms with Crippen molar-refractivity contribution in [1.29, 1.82) is 0 Å². The van der Waals surface area contributed by atoms with E-state index in [1.807, 2.05) is 18.2 Å². The van der Waals surface area contributed by atoms with Crippen LogP contribution in [0, 0.1) is 0 Å². The lowest BCUT2D eigenvalue weighted by Gasteiger charge is -2.40. The van der Waals surface area contributed by atoms with Crippen LogP contribution in [0.4, 0.5) is 0 Å². The molecule has 0 aromatic carbocycles. The average molecular weight is 1080 g/mol. The van der Waals surface area contributed by atoms with Gasteiger partial charge in [0.05, 0.1) is 6.61 Å². The van der Waals surface area contributed by atoms with Crippen LogP contribution in [-0.2, 0) is 42.9 Å². The number of aliphatic carboxylic acids is 1.